The lowest BCUT2D eigenvalue weighted by atomic mass is 10.0. The monoisotopic (exact) mass is 338 g/mol. The average molecular weight is 338 g/mol. The number of benzene rings is 1. The number of ether oxygens (including phenoxy) is 1. The highest BCUT2D eigenvalue weighted by Gasteiger charge is 2.30. The lowest BCUT2D eigenvalue weighted by Crippen LogP contribution is -2.48. The van der Waals surface area contributed by atoms with Crippen LogP contribution in [0, 0.1) is 0 Å². The number of methoxy groups -OCH3 is 1. The van der Waals surface area contributed by atoms with Crippen LogP contribution in [0.5, 0.6) is 5.75 Å². The van der Waals surface area contributed by atoms with Gasteiger partial charge in [-0.2, -0.15) is 0 Å². The van der Waals surface area contributed by atoms with Gasteiger partial charge in [0.15, 0.2) is 0 Å². The summed E-state index contributed by atoms with van der Waals surface area (Å²) in [6.45, 7) is 2.19. The molecule has 2 aromatic rings. The van der Waals surface area contributed by atoms with E-state index in [1.54, 1.807) is 19.5 Å². The van der Waals surface area contributed by atoms with Crippen LogP contribution in [0.1, 0.15) is 46.5 Å². The summed E-state index contributed by atoms with van der Waals surface area (Å²) in [5.41, 5.74) is 1.65. The summed E-state index contributed by atoms with van der Waals surface area (Å²) >= 11 is 0. The van der Waals surface area contributed by atoms with Crippen molar-refractivity contribution in [1.82, 2.24) is 20.2 Å². The third-order valence-electron chi connectivity index (χ3n) is 4.87. The topological polar surface area (TPSA) is 67.3 Å². The third kappa shape index (κ3) is 3.35. The maximum Gasteiger partial charge on any atom is 0.257 e. The molecule has 1 aliphatic carbocycles. The van der Waals surface area contributed by atoms with Crippen molar-refractivity contribution in [3.8, 4) is 5.75 Å². The predicted molar refractivity (Wildman–Crippen MR) is 93.6 cm³/mol. The van der Waals surface area contributed by atoms with Crippen molar-refractivity contribution in [1.29, 1.82) is 0 Å². The molecule has 2 fully saturated rings. The van der Waals surface area contributed by atoms with Crippen LogP contribution in [0.15, 0.2) is 36.7 Å². The molecule has 6 nitrogen and oxygen atoms in total. The number of aromatic nitrogens is 2. The number of carbonyl (C=O) groups is 1. The molecule has 25 heavy (non-hydrogen) atoms. The zero-order valence-corrected chi connectivity index (χ0v) is 14.3. The van der Waals surface area contributed by atoms with Gasteiger partial charge in [-0.15, -0.1) is 0 Å². The molecule has 130 valence electrons. The summed E-state index contributed by atoms with van der Waals surface area (Å²) in [5.74, 6) is 2.16. The number of hydrogen-bond donors (Lipinski definition) is 1. The van der Waals surface area contributed by atoms with Crippen LogP contribution in [-0.2, 0) is 0 Å². The van der Waals surface area contributed by atoms with E-state index >= 15 is 0 Å². The first-order chi connectivity index (χ1) is 12.3. The maximum absolute atomic E-state index is 13.0. The van der Waals surface area contributed by atoms with Gasteiger partial charge in [0.25, 0.3) is 5.91 Å². The minimum Gasteiger partial charge on any atom is -0.497 e. The van der Waals surface area contributed by atoms with Crippen molar-refractivity contribution in [3.63, 3.8) is 0 Å². The largest absolute Gasteiger partial charge is 0.497 e. The lowest BCUT2D eigenvalue weighted by Gasteiger charge is -2.36. The molecule has 1 unspecified atom stereocenters. The smallest absolute Gasteiger partial charge is 0.257 e. The van der Waals surface area contributed by atoms with Crippen LogP contribution in [0.4, 0.5) is 0 Å². The Kier molecular flexibility index (Phi) is 4.36. The molecule has 0 radical (unpaired) electrons. The molecule has 1 aromatic heterocycles. The Balaban J connectivity index is 1.55. The minimum atomic E-state index is -0.00957. The Morgan fingerprint density at radius 1 is 1.20 bits per heavy atom. The van der Waals surface area contributed by atoms with E-state index in [-0.39, 0.29) is 11.9 Å². The number of amides is 1. The fourth-order valence-corrected chi connectivity index (χ4v) is 3.24. The van der Waals surface area contributed by atoms with Crippen LogP contribution in [0.25, 0.3) is 0 Å². The SMILES string of the molecule is COc1ccc(C2CNCCN2C(=O)c2cnc(C3CC3)nc2)cc1. The van der Waals surface area contributed by atoms with Gasteiger partial charge >= 0.3 is 0 Å². The van der Waals surface area contributed by atoms with Gasteiger partial charge in [-0.3, -0.25) is 4.79 Å². The van der Waals surface area contributed by atoms with Gasteiger partial charge in [-0.25, -0.2) is 9.97 Å². The van der Waals surface area contributed by atoms with E-state index in [1.165, 1.54) is 0 Å². The number of rotatable bonds is 4. The van der Waals surface area contributed by atoms with E-state index in [4.69, 9.17) is 4.74 Å². The summed E-state index contributed by atoms with van der Waals surface area (Å²) in [7, 11) is 1.65. The Morgan fingerprint density at radius 2 is 1.92 bits per heavy atom. The molecule has 1 saturated heterocycles. The van der Waals surface area contributed by atoms with Crippen LogP contribution in [0.2, 0.25) is 0 Å². The first kappa shape index (κ1) is 16.0. The quantitative estimate of drug-likeness (QED) is 0.925. The van der Waals surface area contributed by atoms with Crippen molar-refractivity contribution < 1.29 is 9.53 Å². The van der Waals surface area contributed by atoms with Crippen molar-refractivity contribution in [2.24, 2.45) is 0 Å². The Bertz CT molecular complexity index is 741. The van der Waals surface area contributed by atoms with Gasteiger partial charge in [-0.05, 0) is 30.5 Å². The minimum absolute atomic E-state index is 0.00438. The molecular weight excluding hydrogens is 316 g/mol. The second-order valence-electron chi connectivity index (χ2n) is 6.60. The fourth-order valence-electron chi connectivity index (χ4n) is 3.24. The van der Waals surface area contributed by atoms with Crippen LogP contribution in [-0.4, -0.2) is 47.5 Å². The molecule has 1 N–H and O–H groups in total. The molecular formula is C19H22N4O2. The molecule has 1 amide bonds. The average Bonchev–Trinajstić information content (AvgIpc) is 3.53. The lowest BCUT2D eigenvalue weighted by molar-refractivity contribution is 0.0633. The van der Waals surface area contributed by atoms with Crippen molar-refractivity contribution >= 4 is 5.91 Å². The highest BCUT2D eigenvalue weighted by Crippen LogP contribution is 2.37. The van der Waals surface area contributed by atoms with E-state index < -0.39 is 0 Å². The number of piperazine rings is 1. The molecule has 1 aromatic carbocycles. The number of nitrogens with one attached hydrogen (secondary N) is 1. The standard InChI is InChI=1S/C19H22N4O2/c1-25-16-6-4-13(5-7-16)17-12-20-8-9-23(17)19(24)15-10-21-18(22-11-15)14-2-3-14/h4-7,10-11,14,17,20H,2-3,8-9,12H2,1H3. The summed E-state index contributed by atoms with van der Waals surface area (Å²) in [4.78, 5) is 23.7. The molecule has 2 aliphatic rings. The highest BCUT2D eigenvalue weighted by atomic mass is 16.5. The Hall–Kier alpha value is -2.47. The summed E-state index contributed by atoms with van der Waals surface area (Å²) < 4.78 is 5.22. The molecule has 2 heterocycles. The van der Waals surface area contributed by atoms with E-state index in [2.05, 4.69) is 15.3 Å². The van der Waals surface area contributed by atoms with Crippen LogP contribution < -0.4 is 10.1 Å². The Labute approximate surface area is 147 Å². The summed E-state index contributed by atoms with van der Waals surface area (Å²) in [6.07, 6.45) is 5.67. The Morgan fingerprint density at radius 3 is 2.56 bits per heavy atom. The molecule has 1 atom stereocenters. The second-order valence-corrected chi connectivity index (χ2v) is 6.60. The second kappa shape index (κ2) is 6.80. The van der Waals surface area contributed by atoms with E-state index in [1.807, 2.05) is 29.2 Å². The zero-order chi connectivity index (χ0) is 17.2. The van der Waals surface area contributed by atoms with Gasteiger partial charge in [0.1, 0.15) is 11.6 Å². The predicted octanol–water partition coefficient (Wildman–Crippen LogP) is 2.15. The number of nitrogens with zero attached hydrogens (tertiary/aromatic N) is 3. The van der Waals surface area contributed by atoms with Gasteiger partial charge in [0.05, 0.1) is 18.7 Å². The molecule has 6 heteroatoms. The molecule has 1 aliphatic heterocycles. The fraction of sp³-hybridized carbons (Fsp3) is 0.421. The number of carbonyl (C=O) groups excluding carboxylic acids is 1. The van der Waals surface area contributed by atoms with Crippen molar-refractivity contribution in [3.05, 3.63) is 53.6 Å². The summed E-state index contributed by atoms with van der Waals surface area (Å²) in [6, 6.07) is 7.89. The van der Waals surface area contributed by atoms with E-state index in [0.29, 0.717) is 18.0 Å². The van der Waals surface area contributed by atoms with E-state index in [9.17, 15) is 4.79 Å². The first-order valence-electron chi connectivity index (χ1n) is 8.74. The normalized spacial score (nSPS) is 20.4. The summed E-state index contributed by atoms with van der Waals surface area (Å²) in [5, 5.41) is 3.37. The first-order valence-corrected chi connectivity index (χ1v) is 8.74. The molecule has 0 bridgehead atoms. The van der Waals surface area contributed by atoms with Gasteiger partial charge in [-0.1, -0.05) is 12.1 Å². The molecule has 1 saturated carbocycles. The van der Waals surface area contributed by atoms with Gasteiger partial charge in [0.2, 0.25) is 0 Å². The highest BCUT2D eigenvalue weighted by molar-refractivity contribution is 5.94. The van der Waals surface area contributed by atoms with Gasteiger partial charge in [0, 0.05) is 37.9 Å². The van der Waals surface area contributed by atoms with Crippen molar-refractivity contribution in [2.45, 2.75) is 24.8 Å². The third-order valence-corrected chi connectivity index (χ3v) is 4.87. The van der Waals surface area contributed by atoms with Crippen LogP contribution >= 0.6 is 0 Å². The van der Waals surface area contributed by atoms with Crippen LogP contribution in [0.3, 0.4) is 0 Å². The van der Waals surface area contributed by atoms with E-state index in [0.717, 1.165) is 43.1 Å². The maximum atomic E-state index is 13.0. The molecule has 4 rings (SSSR count). The molecule has 0 spiro atoms. The van der Waals surface area contributed by atoms with Gasteiger partial charge < -0.3 is 15.0 Å². The van der Waals surface area contributed by atoms with Crippen molar-refractivity contribution in [2.75, 3.05) is 26.7 Å². The zero-order valence-electron chi connectivity index (χ0n) is 14.3. The number of hydrogen-bond acceptors (Lipinski definition) is 5.